The summed E-state index contributed by atoms with van der Waals surface area (Å²) in [5, 5.41) is 15.1. The van der Waals surface area contributed by atoms with Gasteiger partial charge in [-0.25, -0.2) is 4.39 Å². The van der Waals surface area contributed by atoms with E-state index in [9.17, 15) is 9.50 Å². The Bertz CT molecular complexity index is 784. The van der Waals surface area contributed by atoms with Crippen LogP contribution in [0.5, 0.6) is 5.75 Å². The number of phenols is 1. The Balaban J connectivity index is 1.97. The van der Waals surface area contributed by atoms with Gasteiger partial charge in [-0.15, -0.1) is 0 Å². The second-order valence-electron chi connectivity index (χ2n) is 4.73. The van der Waals surface area contributed by atoms with E-state index in [1.165, 1.54) is 6.07 Å². The highest BCUT2D eigenvalue weighted by Gasteiger charge is 2.10. The number of hydrogen-bond donors (Lipinski definition) is 2. The molecule has 0 radical (unpaired) electrons. The molecular formula is C17H13BrFNO. The number of aromatic hydroxyl groups is 1. The highest BCUT2D eigenvalue weighted by Crippen LogP contribution is 2.30. The third-order valence-electron chi connectivity index (χ3n) is 3.42. The number of para-hydroxylation sites is 1. The number of anilines is 1. The molecule has 0 aliphatic rings. The normalized spacial score (nSPS) is 10.8. The van der Waals surface area contributed by atoms with Crippen molar-refractivity contribution in [1.82, 2.24) is 0 Å². The lowest BCUT2D eigenvalue weighted by atomic mass is 10.0. The molecule has 0 saturated heterocycles. The zero-order valence-corrected chi connectivity index (χ0v) is 12.7. The Morgan fingerprint density at radius 3 is 2.62 bits per heavy atom. The van der Waals surface area contributed by atoms with Crippen LogP contribution in [0.1, 0.15) is 5.56 Å². The molecule has 3 aromatic carbocycles. The first-order valence-electron chi connectivity index (χ1n) is 6.54. The third-order valence-corrected chi connectivity index (χ3v) is 4.08. The first kappa shape index (κ1) is 13.9. The summed E-state index contributed by atoms with van der Waals surface area (Å²) in [4.78, 5) is 0. The van der Waals surface area contributed by atoms with E-state index in [1.54, 1.807) is 18.2 Å². The van der Waals surface area contributed by atoms with E-state index in [0.29, 0.717) is 16.7 Å². The van der Waals surface area contributed by atoms with Crippen molar-refractivity contribution in [1.29, 1.82) is 0 Å². The summed E-state index contributed by atoms with van der Waals surface area (Å²) in [7, 11) is 0. The molecule has 0 fully saturated rings. The van der Waals surface area contributed by atoms with Gasteiger partial charge in [0.1, 0.15) is 11.6 Å². The summed E-state index contributed by atoms with van der Waals surface area (Å²) in [6.07, 6.45) is 0. The maximum atomic E-state index is 13.8. The number of nitrogens with one attached hydrogen (secondary N) is 1. The van der Waals surface area contributed by atoms with Gasteiger partial charge in [-0.3, -0.25) is 0 Å². The topological polar surface area (TPSA) is 32.3 Å². The lowest BCUT2D eigenvalue weighted by Crippen LogP contribution is -2.03. The number of phenolic OH excluding ortho intramolecular Hbond substituents is 1. The first-order chi connectivity index (χ1) is 10.2. The van der Waals surface area contributed by atoms with E-state index in [-0.39, 0.29) is 11.6 Å². The van der Waals surface area contributed by atoms with Crippen molar-refractivity contribution in [2.24, 2.45) is 0 Å². The summed E-state index contributed by atoms with van der Waals surface area (Å²) in [6, 6.07) is 16.1. The van der Waals surface area contributed by atoms with Crippen LogP contribution in [0.15, 0.2) is 59.1 Å². The summed E-state index contributed by atoms with van der Waals surface area (Å²) < 4.78 is 14.5. The van der Waals surface area contributed by atoms with Gasteiger partial charge >= 0.3 is 0 Å². The number of benzene rings is 3. The van der Waals surface area contributed by atoms with Gasteiger partial charge in [0.25, 0.3) is 0 Å². The van der Waals surface area contributed by atoms with E-state index in [2.05, 4.69) is 21.2 Å². The molecule has 3 rings (SSSR count). The summed E-state index contributed by atoms with van der Waals surface area (Å²) in [5.74, 6) is -0.127. The zero-order chi connectivity index (χ0) is 14.8. The molecule has 3 aromatic rings. The van der Waals surface area contributed by atoms with Gasteiger partial charge in [0.05, 0.1) is 5.69 Å². The van der Waals surface area contributed by atoms with Crippen molar-refractivity contribution in [2.75, 3.05) is 5.32 Å². The third kappa shape index (κ3) is 2.72. The molecule has 106 valence electrons. The lowest BCUT2D eigenvalue weighted by Gasteiger charge is -2.13. The molecule has 4 heteroatoms. The predicted molar refractivity (Wildman–Crippen MR) is 87.0 cm³/mol. The number of halogens is 2. The molecule has 0 bridgehead atoms. The fraction of sp³-hybridized carbons (Fsp3) is 0.0588. The maximum absolute atomic E-state index is 13.8. The number of rotatable bonds is 3. The van der Waals surface area contributed by atoms with Crippen molar-refractivity contribution in [3.8, 4) is 5.75 Å². The maximum Gasteiger partial charge on any atom is 0.147 e. The molecule has 0 aliphatic carbocycles. The van der Waals surface area contributed by atoms with Crippen molar-refractivity contribution < 1.29 is 9.50 Å². The van der Waals surface area contributed by atoms with Gasteiger partial charge < -0.3 is 10.4 Å². The molecule has 0 aromatic heterocycles. The Morgan fingerprint density at radius 1 is 1.00 bits per heavy atom. The SMILES string of the molecule is Oc1ccc2ccccc2c1CNc1c(F)cccc1Br. The van der Waals surface area contributed by atoms with E-state index < -0.39 is 0 Å². The van der Waals surface area contributed by atoms with Crippen LogP contribution in [0.25, 0.3) is 10.8 Å². The average Bonchev–Trinajstić information content (AvgIpc) is 2.48. The second kappa shape index (κ2) is 5.74. The molecule has 0 heterocycles. The number of hydrogen-bond acceptors (Lipinski definition) is 2. The predicted octanol–water partition coefficient (Wildman–Crippen LogP) is 5.06. The van der Waals surface area contributed by atoms with Crippen molar-refractivity contribution in [3.05, 3.63) is 70.5 Å². The van der Waals surface area contributed by atoms with Crippen molar-refractivity contribution >= 4 is 32.4 Å². The van der Waals surface area contributed by atoms with Gasteiger partial charge in [-0.05, 0) is 44.9 Å². The van der Waals surface area contributed by atoms with Gasteiger partial charge in [0.2, 0.25) is 0 Å². The van der Waals surface area contributed by atoms with Crippen LogP contribution in [0.2, 0.25) is 0 Å². The zero-order valence-electron chi connectivity index (χ0n) is 11.1. The van der Waals surface area contributed by atoms with Crippen LogP contribution in [0, 0.1) is 5.82 Å². The Kier molecular flexibility index (Phi) is 3.80. The molecule has 0 unspecified atom stereocenters. The van der Waals surface area contributed by atoms with Crippen LogP contribution in [-0.4, -0.2) is 5.11 Å². The second-order valence-corrected chi connectivity index (χ2v) is 5.59. The smallest absolute Gasteiger partial charge is 0.147 e. The summed E-state index contributed by atoms with van der Waals surface area (Å²) in [5.41, 5.74) is 1.15. The summed E-state index contributed by atoms with van der Waals surface area (Å²) >= 11 is 3.32. The monoisotopic (exact) mass is 345 g/mol. The van der Waals surface area contributed by atoms with Crippen LogP contribution in [-0.2, 0) is 6.54 Å². The van der Waals surface area contributed by atoms with Crippen LogP contribution in [0.3, 0.4) is 0 Å². The van der Waals surface area contributed by atoms with E-state index in [0.717, 1.165) is 16.3 Å². The lowest BCUT2D eigenvalue weighted by molar-refractivity contribution is 0.470. The Hall–Kier alpha value is -2.07. The molecule has 0 saturated carbocycles. The Labute approximate surface area is 130 Å². The standard InChI is InChI=1S/C17H13BrFNO/c18-14-6-3-7-15(19)17(14)20-10-13-12-5-2-1-4-11(12)8-9-16(13)21/h1-9,20-21H,10H2. The van der Waals surface area contributed by atoms with Gasteiger partial charge in [-0.2, -0.15) is 0 Å². The van der Waals surface area contributed by atoms with Crippen LogP contribution in [0.4, 0.5) is 10.1 Å². The molecule has 2 N–H and O–H groups in total. The molecule has 0 spiro atoms. The van der Waals surface area contributed by atoms with Gasteiger partial charge in [-0.1, -0.05) is 36.4 Å². The molecule has 21 heavy (non-hydrogen) atoms. The quantitative estimate of drug-likeness (QED) is 0.695. The fourth-order valence-electron chi connectivity index (χ4n) is 2.35. The minimum Gasteiger partial charge on any atom is -0.508 e. The highest BCUT2D eigenvalue weighted by atomic mass is 79.9. The average molecular weight is 346 g/mol. The van der Waals surface area contributed by atoms with Gasteiger partial charge in [0.15, 0.2) is 0 Å². The largest absolute Gasteiger partial charge is 0.508 e. The van der Waals surface area contributed by atoms with Crippen molar-refractivity contribution in [2.45, 2.75) is 6.54 Å². The molecule has 2 nitrogen and oxygen atoms in total. The molecule has 0 aliphatic heterocycles. The van der Waals surface area contributed by atoms with Crippen LogP contribution >= 0.6 is 15.9 Å². The molecule has 0 amide bonds. The van der Waals surface area contributed by atoms with Crippen LogP contribution < -0.4 is 5.32 Å². The van der Waals surface area contributed by atoms with E-state index in [1.807, 2.05) is 30.3 Å². The number of fused-ring (bicyclic) bond motifs is 1. The summed E-state index contributed by atoms with van der Waals surface area (Å²) in [6.45, 7) is 0.340. The van der Waals surface area contributed by atoms with Gasteiger partial charge in [0, 0.05) is 16.6 Å². The Morgan fingerprint density at radius 2 is 1.81 bits per heavy atom. The van der Waals surface area contributed by atoms with E-state index in [4.69, 9.17) is 0 Å². The minimum absolute atomic E-state index is 0.202. The molecule has 0 atom stereocenters. The first-order valence-corrected chi connectivity index (χ1v) is 7.33. The highest BCUT2D eigenvalue weighted by molar-refractivity contribution is 9.10. The minimum atomic E-state index is -0.330. The molecular weight excluding hydrogens is 333 g/mol. The van der Waals surface area contributed by atoms with Crippen molar-refractivity contribution in [3.63, 3.8) is 0 Å². The van der Waals surface area contributed by atoms with E-state index >= 15 is 0 Å². The fourth-order valence-corrected chi connectivity index (χ4v) is 2.84.